The second-order valence-electron chi connectivity index (χ2n) is 3.64. The van der Waals surface area contributed by atoms with Crippen LogP contribution in [-0.2, 0) is 9.63 Å². The molecule has 0 aromatic carbocycles. The molecular weight excluding hydrogens is 276 g/mol. The van der Waals surface area contributed by atoms with Gasteiger partial charge >= 0.3 is 0 Å². The van der Waals surface area contributed by atoms with Gasteiger partial charge in [0.15, 0.2) is 0 Å². The van der Waals surface area contributed by atoms with Crippen LogP contribution in [0, 0.1) is 0 Å². The third-order valence-electron chi connectivity index (χ3n) is 1.55. The second kappa shape index (κ2) is 50.1. The van der Waals surface area contributed by atoms with E-state index in [0.717, 1.165) is 31.4 Å². The number of aldehydes is 1. The third kappa shape index (κ3) is 75.6. The number of rotatable bonds is 8. The third-order valence-corrected chi connectivity index (χ3v) is 1.55. The maximum absolute atomic E-state index is 9.88. The minimum atomic E-state index is 0.610. The highest BCUT2D eigenvalue weighted by atomic mass is 16.6. The van der Waals surface area contributed by atoms with Crippen LogP contribution in [-0.4, -0.2) is 32.2 Å². The van der Waals surface area contributed by atoms with E-state index in [9.17, 15) is 4.79 Å². The van der Waals surface area contributed by atoms with Gasteiger partial charge < -0.3 is 14.9 Å². The first-order valence-electron chi connectivity index (χ1n) is 8.90. The summed E-state index contributed by atoms with van der Waals surface area (Å²) in [5.74, 6) is 0. The van der Waals surface area contributed by atoms with Crippen LogP contribution in [0.3, 0.4) is 0 Å². The lowest BCUT2D eigenvalue weighted by atomic mass is 10.3. The molecule has 0 heterocycles. The van der Waals surface area contributed by atoms with E-state index in [1.54, 1.807) is 0 Å². The summed E-state index contributed by atoms with van der Waals surface area (Å²) in [4.78, 5) is 14.8. The molecule has 22 heavy (non-hydrogen) atoms. The molecule has 0 saturated carbocycles. The molecule has 0 fully saturated rings. The highest BCUT2D eigenvalue weighted by Crippen LogP contribution is 1.93. The Labute approximate surface area is 141 Å². The van der Waals surface area contributed by atoms with Crippen LogP contribution in [0.2, 0.25) is 0 Å². The van der Waals surface area contributed by atoms with Gasteiger partial charge in [0.25, 0.3) is 0 Å². The fourth-order valence-corrected chi connectivity index (χ4v) is 0.819. The van der Waals surface area contributed by atoms with Gasteiger partial charge in [-0.05, 0) is 46.7 Å². The van der Waals surface area contributed by atoms with E-state index < -0.39 is 0 Å². The lowest BCUT2D eigenvalue weighted by Gasteiger charge is -1.97. The van der Waals surface area contributed by atoms with Crippen molar-refractivity contribution in [3.8, 4) is 0 Å². The van der Waals surface area contributed by atoms with Gasteiger partial charge in [-0.3, -0.25) is 0 Å². The Morgan fingerprint density at radius 1 is 1.05 bits per heavy atom. The van der Waals surface area contributed by atoms with Crippen molar-refractivity contribution in [3.05, 3.63) is 0 Å². The van der Waals surface area contributed by atoms with E-state index in [2.05, 4.69) is 17.4 Å². The van der Waals surface area contributed by atoms with Crippen molar-refractivity contribution in [2.75, 3.05) is 20.2 Å². The van der Waals surface area contributed by atoms with E-state index in [1.165, 1.54) is 6.42 Å². The number of hydrogen-bond donors (Lipinski definition) is 1. The number of unbranched alkanes of at least 4 members (excludes halogenated alkanes) is 2. The first-order chi connectivity index (χ1) is 10.7. The summed E-state index contributed by atoms with van der Waals surface area (Å²) in [6.07, 6.45) is 4.57. The maximum Gasteiger partial charge on any atom is 0.119 e. The Balaban J connectivity index is -0.0000000733. The molecule has 0 atom stereocenters. The maximum atomic E-state index is 9.88. The lowest BCUT2D eigenvalue weighted by molar-refractivity contribution is -0.108. The summed E-state index contributed by atoms with van der Waals surface area (Å²) in [6.45, 7) is 19.7. The van der Waals surface area contributed by atoms with Gasteiger partial charge in [0.1, 0.15) is 12.9 Å². The van der Waals surface area contributed by atoms with Gasteiger partial charge in [-0.25, -0.2) is 0 Å². The standard InChI is InChI=1S/C8H15NO2.C4H11N.3C2H6/c1-8(2)9-11-7-5-3-4-6-10;1-3-4-5-2;3*1-2/h6H,3-5,7H2,1-2H3;5H,3-4H2,1-2H3;3*1-2H3. The quantitative estimate of drug-likeness (QED) is 0.279. The van der Waals surface area contributed by atoms with Crippen molar-refractivity contribution in [1.82, 2.24) is 5.32 Å². The summed E-state index contributed by atoms with van der Waals surface area (Å²) in [5.41, 5.74) is 0.917. The largest absolute Gasteiger partial charge is 0.396 e. The molecule has 4 heteroatoms. The average Bonchev–Trinajstić information content (AvgIpc) is 2.57. The van der Waals surface area contributed by atoms with Crippen molar-refractivity contribution >= 4 is 12.0 Å². The Morgan fingerprint density at radius 3 is 1.82 bits per heavy atom. The molecule has 138 valence electrons. The number of carbonyl (C=O) groups excluding carboxylic acids is 1. The van der Waals surface area contributed by atoms with Crippen molar-refractivity contribution < 1.29 is 9.63 Å². The fraction of sp³-hybridized carbons (Fsp3) is 0.889. The van der Waals surface area contributed by atoms with Gasteiger partial charge in [-0.1, -0.05) is 53.6 Å². The predicted molar refractivity (Wildman–Crippen MR) is 103 cm³/mol. The molecule has 0 unspecified atom stereocenters. The lowest BCUT2D eigenvalue weighted by Crippen LogP contribution is -2.04. The SMILES string of the molecule is CC.CC.CC.CC(C)=NOCCCCC=O.CCCNC. The number of nitrogens with zero attached hydrogens (tertiary/aromatic N) is 1. The van der Waals surface area contributed by atoms with Gasteiger partial charge in [0, 0.05) is 6.42 Å². The van der Waals surface area contributed by atoms with Crippen LogP contribution in [0.25, 0.3) is 0 Å². The van der Waals surface area contributed by atoms with Gasteiger partial charge in [0.05, 0.1) is 5.71 Å². The molecule has 0 aliphatic heterocycles. The number of nitrogens with one attached hydrogen (secondary N) is 1. The van der Waals surface area contributed by atoms with Crippen molar-refractivity contribution in [2.24, 2.45) is 5.16 Å². The minimum absolute atomic E-state index is 0.610. The average molecular weight is 321 g/mol. The van der Waals surface area contributed by atoms with Crippen molar-refractivity contribution in [2.45, 2.75) is 88.0 Å². The summed E-state index contributed by atoms with van der Waals surface area (Å²) in [5, 5.41) is 6.77. The Morgan fingerprint density at radius 2 is 1.55 bits per heavy atom. The zero-order valence-corrected chi connectivity index (χ0v) is 17.1. The number of oxime groups is 1. The monoisotopic (exact) mass is 320 g/mol. The van der Waals surface area contributed by atoms with Gasteiger partial charge in [0.2, 0.25) is 0 Å². The Kier molecular flexibility index (Phi) is 74.9. The van der Waals surface area contributed by atoms with E-state index in [1.807, 2.05) is 62.4 Å². The van der Waals surface area contributed by atoms with Crippen molar-refractivity contribution in [3.63, 3.8) is 0 Å². The molecule has 0 aromatic heterocycles. The van der Waals surface area contributed by atoms with Crippen LogP contribution in [0.4, 0.5) is 0 Å². The first kappa shape index (κ1) is 32.9. The van der Waals surface area contributed by atoms with Crippen LogP contribution < -0.4 is 5.32 Å². The molecule has 0 bridgehead atoms. The van der Waals surface area contributed by atoms with E-state index >= 15 is 0 Å². The van der Waals surface area contributed by atoms with Crippen LogP contribution in [0.1, 0.15) is 88.0 Å². The molecule has 0 rings (SSSR count). The normalized spacial score (nSPS) is 7.18. The van der Waals surface area contributed by atoms with Gasteiger partial charge in [-0.15, -0.1) is 0 Å². The zero-order valence-electron chi connectivity index (χ0n) is 17.1. The summed E-state index contributed by atoms with van der Waals surface area (Å²) in [7, 11) is 1.96. The Bertz CT molecular complexity index is 166. The van der Waals surface area contributed by atoms with Crippen LogP contribution in [0.5, 0.6) is 0 Å². The van der Waals surface area contributed by atoms with Gasteiger partial charge in [-0.2, -0.15) is 0 Å². The smallest absolute Gasteiger partial charge is 0.119 e. The van der Waals surface area contributed by atoms with E-state index in [-0.39, 0.29) is 0 Å². The molecule has 0 amide bonds. The number of hydrogen-bond acceptors (Lipinski definition) is 4. The molecule has 0 aliphatic carbocycles. The minimum Gasteiger partial charge on any atom is -0.396 e. The van der Waals surface area contributed by atoms with E-state index in [0.29, 0.717) is 13.0 Å². The molecule has 1 N–H and O–H groups in total. The molecule has 0 saturated heterocycles. The zero-order chi connectivity index (χ0) is 18.6. The highest BCUT2D eigenvalue weighted by molar-refractivity contribution is 5.78. The van der Waals surface area contributed by atoms with Crippen LogP contribution in [0.15, 0.2) is 5.16 Å². The predicted octanol–water partition coefficient (Wildman–Crippen LogP) is 5.46. The molecular formula is C18H44N2O2. The fourth-order valence-electron chi connectivity index (χ4n) is 0.819. The molecule has 4 nitrogen and oxygen atoms in total. The van der Waals surface area contributed by atoms with Crippen molar-refractivity contribution in [1.29, 1.82) is 0 Å². The molecule has 0 spiro atoms. The first-order valence-corrected chi connectivity index (χ1v) is 8.90. The summed E-state index contributed by atoms with van der Waals surface area (Å²) >= 11 is 0. The van der Waals surface area contributed by atoms with E-state index in [4.69, 9.17) is 4.84 Å². The summed E-state index contributed by atoms with van der Waals surface area (Å²) < 4.78 is 0. The second-order valence-corrected chi connectivity index (χ2v) is 3.64. The summed E-state index contributed by atoms with van der Waals surface area (Å²) in [6, 6.07) is 0. The topological polar surface area (TPSA) is 50.7 Å². The Hall–Kier alpha value is -0.900. The van der Waals surface area contributed by atoms with Crippen LogP contribution >= 0.6 is 0 Å². The molecule has 0 aromatic rings. The highest BCUT2D eigenvalue weighted by Gasteiger charge is 1.87. The number of carbonyl (C=O) groups is 1. The molecule has 0 aliphatic rings. The molecule has 0 radical (unpaired) electrons.